The van der Waals surface area contributed by atoms with Crippen molar-refractivity contribution in [1.29, 1.82) is 0 Å². The predicted octanol–water partition coefficient (Wildman–Crippen LogP) is 2.03. The number of aryl methyl sites for hydroxylation is 1. The van der Waals surface area contributed by atoms with Crippen molar-refractivity contribution in [2.24, 2.45) is 0 Å². The van der Waals surface area contributed by atoms with Crippen LogP contribution in [-0.2, 0) is 6.54 Å². The minimum atomic E-state index is 0.0336. The van der Waals surface area contributed by atoms with Crippen molar-refractivity contribution >= 4 is 22.8 Å². The highest BCUT2D eigenvalue weighted by molar-refractivity contribution is 5.94. The number of rotatable bonds is 2. The summed E-state index contributed by atoms with van der Waals surface area (Å²) >= 11 is 0. The summed E-state index contributed by atoms with van der Waals surface area (Å²) in [5, 5.41) is 0. The topological polar surface area (TPSA) is 86.7 Å². The van der Waals surface area contributed by atoms with E-state index in [2.05, 4.69) is 26.8 Å². The number of carbonyl (C=O) groups is 1. The van der Waals surface area contributed by atoms with Crippen LogP contribution in [0.3, 0.4) is 0 Å². The van der Waals surface area contributed by atoms with E-state index in [4.69, 9.17) is 5.73 Å². The van der Waals surface area contributed by atoms with Gasteiger partial charge >= 0.3 is 0 Å². The fourth-order valence-corrected chi connectivity index (χ4v) is 2.27. The van der Waals surface area contributed by atoms with E-state index < -0.39 is 0 Å². The largest absolute Gasteiger partial charge is 0.382 e. The maximum Gasteiger partial charge on any atom is 0.188 e. The smallest absolute Gasteiger partial charge is 0.188 e. The van der Waals surface area contributed by atoms with Crippen molar-refractivity contribution in [1.82, 2.24) is 19.5 Å². The van der Waals surface area contributed by atoms with Crippen LogP contribution >= 0.6 is 0 Å². The van der Waals surface area contributed by atoms with Crippen molar-refractivity contribution in [2.45, 2.75) is 20.4 Å². The third-order valence-electron chi connectivity index (χ3n) is 3.49. The van der Waals surface area contributed by atoms with Crippen LogP contribution in [-0.4, -0.2) is 25.3 Å². The predicted molar refractivity (Wildman–Crippen MR) is 87.8 cm³/mol. The minimum absolute atomic E-state index is 0.0336. The molecule has 1 aromatic carbocycles. The van der Waals surface area contributed by atoms with E-state index in [1.165, 1.54) is 13.3 Å². The maximum absolute atomic E-state index is 11.3. The van der Waals surface area contributed by atoms with Gasteiger partial charge in [-0.1, -0.05) is 18.1 Å². The van der Waals surface area contributed by atoms with Gasteiger partial charge in [0, 0.05) is 17.7 Å². The third-order valence-corrected chi connectivity index (χ3v) is 3.49. The van der Waals surface area contributed by atoms with Crippen LogP contribution in [0, 0.1) is 11.8 Å². The van der Waals surface area contributed by atoms with Crippen LogP contribution in [0.4, 0.5) is 5.82 Å². The van der Waals surface area contributed by atoms with Crippen LogP contribution < -0.4 is 5.73 Å². The van der Waals surface area contributed by atoms with Gasteiger partial charge in [0.05, 0.1) is 0 Å². The molecule has 0 unspecified atom stereocenters. The molecule has 6 nitrogen and oxygen atoms in total. The summed E-state index contributed by atoms with van der Waals surface area (Å²) < 4.78 is 1.89. The van der Waals surface area contributed by atoms with Gasteiger partial charge in [-0.25, -0.2) is 15.0 Å². The zero-order valence-corrected chi connectivity index (χ0v) is 12.9. The van der Waals surface area contributed by atoms with Gasteiger partial charge in [-0.05, 0) is 31.9 Å². The molecule has 0 spiro atoms. The Morgan fingerprint density at radius 3 is 2.61 bits per heavy atom. The van der Waals surface area contributed by atoms with E-state index >= 15 is 0 Å². The molecule has 2 N–H and O–H groups in total. The number of hydrogen-bond acceptors (Lipinski definition) is 5. The summed E-state index contributed by atoms with van der Waals surface area (Å²) in [4.78, 5) is 23.9. The lowest BCUT2D eigenvalue weighted by Gasteiger charge is -1.99. The van der Waals surface area contributed by atoms with Crippen molar-refractivity contribution in [3.63, 3.8) is 0 Å². The number of ketones is 1. The third kappa shape index (κ3) is 2.77. The number of aromatic nitrogens is 4. The molecule has 0 saturated carbocycles. The van der Waals surface area contributed by atoms with E-state index in [0.717, 1.165) is 5.56 Å². The number of nitrogen functional groups attached to an aromatic ring is 1. The van der Waals surface area contributed by atoms with E-state index in [9.17, 15) is 4.79 Å². The highest BCUT2D eigenvalue weighted by atomic mass is 16.1. The first-order chi connectivity index (χ1) is 11.1. The summed E-state index contributed by atoms with van der Waals surface area (Å²) in [5.74, 6) is 7.05. The highest BCUT2D eigenvalue weighted by Crippen LogP contribution is 2.17. The Kier molecular flexibility index (Phi) is 3.77. The normalized spacial score (nSPS) is 10.3. The molecule has 0 atom stereocenters. The van der Waals surface area contributed by atoms with Gasteiger partial charge in [-0.3, -0.25) is 4.79 Å². The molecule has 6 heteroatoms. The van der Waals surface area contributed by atoms with E-state index in [0.29, 0.717) is 34.9 Å². The molecule has 2 aromatic heterocycles. The fraction of sp³-hybridized carbons (Fsp3) is 0.176. The minimum Gasteiger partial charge on any atom is -0.382 e. The number of Topliss-reactive ketones (excluding diaryl/α,β-unsaturated/α-hetero) is 1. The van der Waals surface area contributed by atoms with Crippen LogP contribution in [0.1, 0.15) is 35.6 Å². The lowest BCUT2D eigenvalue weighted by molar-refractivity contribution is 0.101. The number of imidazole rings is 1. The van der Waals surface area contributed by atoms with Crippen molar-refractivity contribution in [2.75, 3.05) is 5.73 Å². The van der Waals surface area contributed by atoms with Crippen LogP contribution in [0.25, 0.3) is 11.2 Å². The Bertz CT molecular complexity index is 945. The summed E-state index contributed by atoms with van der Waals surface area (Å²) in [7, 11) is 0. The first-order valence-corrected chi connectivity index (χ1v) is 7.20. The molecule has 0 amide bonds. The lowest BCUT2D eigenvalue weighted by atomic mass is 10.1. The lowest BCUT2D eigenvalue weighted by Crippen LogP contribution is -2.00. The van der Waals surface area contributed by atoms with Crippen LogP contribution in [0.2, 0.25) is 0 Å². The molecule has 0 saturated heterocycles. The van der Waals surface area contributed by atoms with Gasteiger partial charge < -0.3 is 10.3 Å². The molecule has 0 aliphatic carbocycles. The van der Waals surface area contributed by atoms with Gasteiger partial charge in [0.25, 0.3) is 0 Å². The molecule has 0 radical (unpaired) electrons. The molecule has 3 aromatic rings. The molecule has 23 heavy (non-hydrogen) atoms. The second kappa shape index (κ2) is 5.89. The zero-order valence-electron chi connectivity index (χ0n) is 12.9. The number of carbonyl (C=O) groups excluding carboxylic acids is 1. The van der Waals surface area contributed by atoms with E-state index in [1.54, 1.807) is 12.1 Å². The molecule has 0 fully saturated rings. The first kappa shape index (κ1) is 14.7. The number of anilines is 1. The summed E-state index contributed by atoms with van der Waals surface area (Å²) in [5.41, 5.74) is 8.55. The maximum atomic E-state index is 11.3. The Morgan fingerprint density at radius 1 is 1.22 bits per heavy atom. The number of fused-ring (bicyclic) bond motifs is 1. The number of nitrogens with zero attached hydrogens (tertiary/aromatic N) is 4. The highest BCUT2D eigenvalue weighted by Gasteiger charge is 2.11. The van der Waals surface area contributed by atoms with Gasteiger partial charge in [0.1, 0.15) is 6.33 Å². The zero-order chi connectivity index (χ0) is 16.4. The number of nitrogens with two attached hydrogens (primary N) is 1. The monoisotopic (exact) mass is 305 g/mol. The quantitative estimate of drug-likeness (QED) is 0.578. The van der Waals surface area contributed by atoms with Gasteiger partial charge in [-0.2, -0.15) is 0 Å². The molecule has 0 aliphatic heterocycles. The van der Waals surface area contributed by atoms with Crippen molar-refractivity contribution < 1.29 is 4.79 Å². The Labute approximate surface area is 133 Å². The van der Waals surface area contributed by atoms with Gasteiger partial charge in [0.2, 0.25) is 0 Å². The van der Waals surface area contributed by atoms with Gasteiger partial charge in [0.15, 0.2) is 28.6 Å². The van der Waals surface area contributed by atoms with Crippen molar-refractivity contribution in [3.05, 3.63) is 47.5 Å². The molecular formula is C17H15N5O. The summed E-state index contributed by atoms with van der Waals surface area (Å²) in [6, 6.07) is 7.16. The number of benzene rings is 1. The fourth-order valence-electron chi connectivity index (χ4n) is 2.27. The SMILES string of the molecule is CCn1c(C#Cc2ccc(C(C)=O)cc2)nc2c(N)ncnc21. The average molecular weight is 305 g/mol. The summed E-state index contributed by atoms with van der Waals surface area (Å²) in [6.07, 6.45) is 1.42. The molecular weight excluding hydrogens is 290 g/mol. The second-order valence-corrected chi connectivity index (χ2v) is 4.99. The molecule has 0 aliphatic rings. The first-order valence-electron chi connectivity index (χ1n) is 7.20. The van der Waals surface area contributed by atoms with E-state index in [1.807, 2.05) is 23.6 Å². The van der Waals surface area contributed by atoms with Crippen molar-refractivity contribution in [3.8, 4) is 11.8 Å². The van der Waals surface area contributed by atoms with Gasteiger partial charge in [-0.15, -0.1) is 0 Å². The molecule has 2 heterocycles. The van der Waals surface area contributed by atoms with E-state index in [-0.39, 0.29) is 5.78 Å². The molecule has 0 bridgehead atoms. The van der Waals surface area contributed by atoms with Crippen LogP contribution in [0.5, 0.6) is 0 Å². The average Bonchev–Trinajstić information content (AvgIpc) is 2.92. The molecule has 3 rings (SSSR count). The Balaban J connectivity index is 2.02. The molecule has 114 valence electrons. The summed E-state index contributed by atoms with van der Waals surface area (Å²) in [6.45, 7) is 4.21. The van der Waals surface area contributed by atoms with Crippen LogP contribution in [0.15, 0.2) is 30.6 Å². The Morgan fingerprint density at radius 2 is 1.96 bits per heavy atom. The Hall–Kier alpha value is -3.20. The second-order valence-electron chi connectivity index (χ2n) is 4.99. The number of hydrogen-bond donors (Lipinski definition) is 1. The standard InChI is InChI=1S/C17H15N5O/c1-3-22-14(21-15-16(18)19-10-20-17(15)22)9-6-12-4-7-13(8-5-12)11(2)23/h4-5,7-8,10H,3H2,1-2H3,(H2,18,19,20).